The number of hydrogen-bond acceptors (Lipinski definition) is 4. The summed E-state index contributed by atoms with van der Waals surface area (Å²) in [6.07, 6.45) is 4.41. The summed E-state index contributed by atoms with van der Waals surface area (Å²) < 4.78 is 37.1. The van der Waals surface area contributed by atoms with E-state index in [1.165, 1.54) is 12.1 Å². The van der Waals surface area contributed by atoms with E-state index in [0.717, 1.165) is 38.9 Å². The Morgan fingerprint density at radius 1 is 1.15 bits per heavy atom. The number of hydrogen-bond donors (Lipinski definition) is 1. The minimum Gasteiger partial charge on any atom is -0.395 e. The lowest BCUT2D eigenvalue weighted by Crippen LogP contribution is -2.47. The van der Waals surface area contributed by atoms with E-state index in [2.05, 4.69) is 31.7 Å². The Labute approximate surface area is 240 Å². The van der Waals surface area contributed by atoms with Gasteiger partial charge in [-0.15, -0.1) is 0 Å². The molecule has 0 spiro atoms. The Morgan fingerprint density at radius 2 is 1.87 bits per heavy atom. The van der Waals surface area contributed by atoms with Gasteiger partial charge in [-0.25, -0.2) is 8.78 Å². The second kappa shape index (κ2) is 12.4. The van der Waals surface area contributed by atoms with Crippen LogP contribution in [0, 0.1) is 34.3 Å². The van der Waals surface area contributed by atoms with E-state index in [-0.39, 0.29) is 33.2 Å². The second-order valence-electron chi connectivity index (χ2n) is 12.2. The predicted molar refractivity (Wildman–Crippen MR) is 151 cm³/mol. The zero-order chi connectivity index (χ0) is 28.4. The summed E-state index contributed by atoms with van der Waals surface area (Å²) in [5, 5.41) is 22.0. The fourth-order valence-electron chi connectivity index (χ4n) is 6.77. The standard InChI is InChI=1S/C31H38Cl2F2N2O2/c1-30(2,3)17-27-31(19-36,23-10-9-21(32)16-25(23)34)28(22-7-4-8-24(33)29(22)35)26(18-38)37(27)13-5-6-20-11-14-39-15-12-20/h4,7-10,16,20,26-28,38H,5-6,11-15,17-18H2,1-3H3. The summed E-state index contributed by atoms with van der Waals surface area (Å²) >= 11 is 12.4. The van der Waals surface area contributed by atoms with Crippen molar-refractivity contribution < 1.29 is 18.6 Å². The van der Waals surface area contributed by atoms with Gasteiger partial charge < -0.3 is 9.84 Å². The van der Waals surface area contributed by atoms with Gasteiger partial charge in [0.15, 0.2) is 0 Å². The minimum absolute atomic E-state index is 0.0713. The molecule has 0 aliphatic carbocycles. The molecule has 212 valence electrons. The lowest BCUT2D eigenvalue weighted by atomic mass is 9.62. The molecular weight excluding hydrogens is 541 g/mol. The molecule has 4 atom stereocenters. The Bertz CT molecular complexity index is 1190. The van der Waals surface area contributed by atoms with Crippen LogP contribution >= 0.6 is 23.2 Å². The summed E-state index contributed by atoms with van der Waals surface area (Å²) in [7, 11) is 0. The van der Waals surface area contributed by atoms with Gasteiger partial charge in [-0.3, -0.25) is 4.90 Å². The molecule has 0 radical (unpaired) electrons. The molecule has 0 amide bonds. The van der Waals surface area contributed by atoms with E-state index in [4.69, 9.17) is 27.9 Å². The molecule has 2 fully saturated rings. The van der Waals surface area contributed by atoms with Crippen molar-refractivity contribution in [3.8, 4) is 6.07 Å². The van der Waals surface area contributed by atoms with Crippen molar-refractivity contribution in [2.75, 3.05) is 26.4 Å². The topological polar surface area (TPSA) is 56.5 Å². The molecule has 2 aromatic rings. The molecular formula is C31H38Cl2F2N2O2. The molecule has 8 heteroatoms. The van der Waals surface area contributed by atoms with Crippen molar-refractivity contribution in [2.24, 2.45) is 11.3 Å². The van der Waals surface area contributed by atoms with Crippen LogP contribution < -0.4 is 0 Å². The molecule has 1 N–H and O–H groups in total. The fraction of sp³-hybridized carbons (Fsp3) is 0.581. The van der Waals surface area contributed by atoms with Gasteiger partial charge in [0.1, 0.15) is 17.0 Å². The molecule has 4 rings (SSSR count). The van der Waals surface area contributed by atoms with E-state index in [9.17, 15) is 10.4 Å². The lowest BCUT2D eigenvalue weighted by molar-refractivity contribution is 0.0584. The Morgan fingerprint density at radius 3 is 2.49 bits per heavy atom. The average molecular weight is 580 g/mol. The van der Waals surface area contributed by atoms with Gasteiger partial charge in [0.2, 0.25) is 0 Å². The molecule has 2 aromatic carbocycles. The SMILES string of the molecule is CC(C)(C)CC1N(CCCC2CCOCC2)C(CO)C(c2cccc(Cl)c2F)C1(C#N)c1ccc(Cl)cc1F. The van der Waals surface area contributed by atoms with Gasteiger partial charge >= 0.3 is 0 Å². The van der Waals surface area contributed by atoms with Crippen LogP contribution in [0.1, 0.15) is 69.9 Å². The van der Waals surface area contributed by atoms with Crippen molar-refractivity contribution in [3.63, 3.8) is 0 Å². The fourth-order valence-corrected chi connectivity index (χ4v) is 7.11. The van der Waals surface area contributed by atoms with Gasteiger partial charge in [-0.1, -0.05) is 62.2 Å². The first-order chi connectivity index (χ1) is 18.5. The zero-order valence-electron chi connectivity index (χ0n) is 22.9. The van der Waals surface area contributed by atoms with Crippen LogP contribution in [-0.2, 0) is 10.2 Å². The largest absolute Gasteiger partial charge is 0.395 e. The molecule has 0 bridgehead atoms. The van der Waals surface area contributed by atoms with E-state index in [1.807, 2.05) is 0 Å². The van der Waals surface area contributed by atoms with E-state index in [0.29, 0.717) is 18.9 Å². The number of halogens is 4. The summed E-state index contributed by atoms with van der Waals surface area (Å²) in [6.45, 7) is 8.06. The number of likely N-dealkylation sites (tertiary alicyclic amines) is 1. The first-order valence-electron chi connectivity index (χ1n) is 13.8. The number of nitriles is 1. The summed E-state index contributed by atoms with van der Waals surface area (Å²) in [5.41, 5.74) is -1.36. The molecule has 4 nitrogen and oxygen atoms in total. The van der Waals surface area contributed by atoms with Crippen LogP contribution in [0.15, 0.2) is 36.4 Å². The average Bonchev–Trinajstić information content (AvgIpc) is 3.14. The molecule has 4 unspecified atom stereocenters. The van der Waals surface area contributed by atoms with Crippen molar-refractivity contribution in [1.29, 1.82) is 5.26 Å². The summed E-state index contributed by atoms with van der Waals surface area (Å²) in [6, 6.07) is 10.4. The number of ether oxygens (including phenoxy) is 1. The molecule has 0 saturated carbocycles. The van der Waals surface area contributed by atoms with E-state index in [1.54, 1.807) is 24.3 Å². The maximum atomic E-state index is 15.8. The number of rotatable bonds is 8. The number of aliphatic hydroxyl groups is 1. The van der Waals surface area contributed by atoms with Crippen LogP contribution in [0.25, 0.3) is 0 Å². The number of nitrogens with zero attached hydrogens (tertiary/aromatic N) is 2. The van der Waals surface area contributed by atoms with E-state index >= 15 is 8.78 Å². The Kier molecular flexibility index (Phi) is 9.61. The first-order valence-corrected chi connectivity index (χ1v) is 14.5. The normalized spacial score (nSPS) is 26.6. The van der Waals surface area contributed by atoms with Gasteiger partial charge in [0.05, 0.1) is 17.7 Å². The van der Waals surface area contributed by atoms with Crippen molar-refractivity contribution in [1.82, 2.24) is 4.90 Å². The van der Waals surface area contributed by atoms with Gasteiger partial charge in [0.25, 0.3) is 0 Å². The van der Waals surface area contributed by atoms with Crippen LogP contribution in [0.2, 0.25) is 10.0 Å². The summed E-state index contributed by atoms with van der Waals surface area (Å²) in [5.74, 6) is -1.56. The van der Waals surface area contributed by atoms with Crippen LogP contribution in [0.4, 0.5) is 8.78 Å². The second-order valence-corrected chi connectivity index (χ2v) is 13.0. The maximum Gasteiger partial charge on any atom is 0.145 e. The molecule has 2 aliphatic heterocycles. The quantitative estimate of drug-likeness (QED) is 0.352. The maximum absolute atomic E-state index is 15.8. The smallest absolute Gasteiger partial charge is 0.145 e. The van der Waals surface area contributed by atoms with Crippen LogP contribution in [-0.4, -0.2) is 48.5 Å². The highest BCUT2D eigenvalue weighted by atomic mass is 35.5. The third-order valence-electron chi connectivity index (χ3n) is 8.47. The predicted octanol–water partition coefficient (Wildman–Crippen LogP) is 7.50. The lowest BCUT2D eigenvalue weighted by Gasteiger charge is -2.39. The molecule has 2 aliphatic rings. The minimum atomic E-state index is -1.50. The van der Waals surface area contributed by atoms with Crippen LogP contribution in [0.3, 0.4) is 0 Å². The van der Waals surface area contributed by atoms with Crippen molar-refractivity contribution in [3.05, 3.63) is 69.2 Å². The Hall–Kier alpha value is -1.75. The van der Waals surface area contributed by atoms with Gasteiger partial charge in [0, 0.05) is 41.8 Å². The first kappa shape index (κ1) is 30.2. The highest BCUT2D eigenvalue weighted by molar-refractivity contribution is 6.31. The van der Waals surface area contributed by atoms with Gasteiger partial charge in [-0.05, 0) is 73.7 Å². The molecule has 2 heterocycles. The third kappa shape index (κ3) is 6.14. The zero-order valence-corrected chi connectivity index (χ0v) is 24.4. The van der Waals surface area contributed by atoms with E-state index < -0.39 is 35.1 Å². The summed E-state index contributed by atoms with van der Waals surface area (Å²) in [4.78, 5) is 2.15. The van der Waals surface area contributed by atoms with Crippen LogP contribution in [0.5, 0.6) is 0 Å². The Balaban J connectivity index is 1.89. The van der Waals surface area contributed by atoms with Crippen molar-refractivity contribution >= 4 is 23.2 Å². The third-order valence-corrected chi connectivity index (χ3v) is 8.99. The monoisotopic (exact) mass is 578 g/mol. The molecule has 0 aromatic heterocycles. The number of aliphatic hydroxyl groups excluding tert-OH is 1. The van der Waals surface area contributed by atoms with Gasteiger partial charge in [-0.2, -0.15) is 5.26 Å². The highest BCUT2D eigenvalue weighted by Crippen LogP contribution is 2.56. The molecule has 39 heavy (non-hydrogen) atoms. The highest BCUT2D eigenvalue weighted by Gasteiger charge is 2.62. The number of benzene rings is 2. The van der Waals surface area contributed by atoms with Crippen molar-refractivity contribution in [2.45, 2.75) is 76.3 Å². The molecule has 2 saturated heterocycles.